The van der Waals surface area contributed by atoms with Crippen molar-refractivity contribution in [2.45, 2.75) is 39.4 Å². The molecular weight excluding hydrogens is 216 g/mol. The quantitative estimate of drug-likeness (QED) is 0.539. The summed E-state index contributed by atoms with van der Waals surface area (Å²) >= 11 is 0. The normalized spacial score (nSPS) is 12.1. The highest BCUT2D eigenvalue weighted by Gasteiger charge is 2.06. The lowest BCUT2D eigenvalue weighted by molar-refractivity contribution is -0.148. The summed E-state index contributed by atoms with van der Waals surface area (Å²) in [6, 6.07) is 10.0. The molecule has 17 heavy (non-hydrogen) atoms. The predicted octanol–water partition coefficient (Wildman–Crippen LogP) is 2.94. The monoisotopic (exact) mass is 236 g/mol. The molecule has 1 aromatic carbocycles. The first-order valence-corrected chi connectivity index (χ1v) is 6.03. The third-order valence-corrected chi connectivity index (χ3v) is 2.40. The van der Waals surface area contributed by atoms with Crippen molar-refractivity contribution in [1.29, 1.82) is 0 Å². The summed E-state index contributed by atoms with van der Waals surface area (Å²) in [4.78, 5) is 11.0. The zero-order valence-corrected chi connectivity index (χ0v) is 10.5. The number of carbonyl (C=O) groups is 1. The van der Waals surface area contributed by atoms with Crippen LogP contribution in [0.2, 0.25) is 0 Å². The molecular formula is C14H20O3. The molecule has 0 N–H and O–H groups in total. The summed E-state index contributed by atoms with van der Waals surface area (Å²) in [5.41, 5.74) is 1.16. The van der Waals surface area contributed by atoms with Crippen molar-refractivity contribution in [3.05, 3.63) is 35.9 Å². The molecule has 0 heterocycles. The Hall–Kier alpha value is -1.35. The first-order valence-electron chi connectivity index (χ1n) is 6.03. The topological polar surface area (TPSA) is 35.5 Å². The van der Waals surface area contributed by atoms with Gasteiger partial charge in [-0.05, 0) is 12.5 Å². The van der Waals surface area contributed by atoms with Crippen LogP contribution >= 0.6 is 0 Å². The van der Waals surface area contributed by atoms with Gasteiger partial charge in [0.1, 0.15) is 6.10 Å². The van der Waals surface area contributed by atoms with Crippen molar-refractivity contribution >= 4 is 5.97 Å². The van der Waals surface area contributed by atoms with Crippen LogP contribution in [-0.4, -0.2) is 18.7 Å². The van der Waals surface area contributed by atoms with Gasteiger partial charge in [0.25, 0.3) is 0 Å². The van der Waals surface area contributed by atoms with E-state index in [0.717, 1.165) is 12.0 Å². The smallest absolute Gasteiger partial charge is 0.305 e. The van der Waals surface area contributed by atoms with Crippen LogP contribution in [-0.2, 0) is 20.9 Å². The fraction of sp³-hybridized carbons (Fsp3) is 0.500. The average Bonchev–Trinajstić information content (AvgIpc) is 2.36. The van der Waals surface area contributed by atoms with E-state index < -0.39 is 0 Å². The van der Waals surface area contributed by atoms with Gasteiger partial charge in [0.2, 0.25) is 0 Å². The van der Waals surface area contributed by atoms with E-state index in [4.69, 9.17) is 9.47 Å². The number of hydrogen-bond acceptors (Lipinski definition) is 3. The molecule has 3 heteroatoms. The summed E-state index contributed by atoms with van der Waals surface area (Å²) in [7, 11) is 0. The van der Waals surface area contributed by atoms with Crippen molar-refractivity contribution in [3.8, 4) is 0 Å². The van der Waals surface area contributed by atoms with E-state index >= 15 is 0 Å². The van der Waals surface area contributed by atoms with Crippen molar-refractivity contribution in [1.82, 2.24) is 0 Å². The molecule has 0 radical (unpaired) electrons. The standard InChI is InChI=1S/C14H20O3/c1-3-14(15)17-12(2)9-10-16-11-13-7-5-4-6-8-13/h4-8,12H,3,9-11H2,1-2H3. The lowest BCUT2D eigenvalue weighted by atomic mass is 10.2. The van der Waals surface area contributed by atoms with E-state index in [1.165, 1.54) is 0 Å². The molecule has 0 bridgehead atoms. The molecule has 1 atom stereocenters. The average molecular weight is 236 g/mol. The second-order valence-electron chi connectivity index (χ2n) is 3.98. The summed E-state index contributed by atoms with van der Waals surface area (Å²) in [6.45, 7) is 4.89. The van der Waals surface area contributed by atoms with E-state index in [1.807, 2.05) is 37.3 Å². The minimum absolute atomic E-state index is 0.0711. The molecule has 94 valence electrons. The fourth-order valence-electron chi connectivity index (χ4n) is 1.38. The third-order valence-electron chi connectivity index (χ3n) is 2.40. The Morgan fingerprint density at radius 1 is 1.29 bits per heavy atom. The van der Waals surface area contributed by atoms with Crippen LogP contribution in [0, 0.1) is 0 Å². The molecule has 3 nitrogen and oxygen atoms in total. The van der Waals surface area contributed by atoms with Gasteiger partial charge in [-0.3, -0.25) is 4.79 Å². The molecule has 0 spiro atoms. The number of ether oxygens (including phenoxy) is 2. The Labute approximate surface area is 103 Å². The highest BCUT2D eigenvalue weighted by atomic mass is 16.5. The molecule has 0 aliphatic rings. The van der Waals surface area contributed by atoms with E-state index in [2.05, 4.69) is 0 Å². The molecule has 0 aliphatic carbocycles. The molecule has 0 aromatic heterocycles. The van der Waals surface area contributed by atoms with E-state index in [1.54, 1.807) is 6.92 Å². The van der Waals surface area contributed by atoms with Gasteiger partial charge in [0.05, 0.1) is 13.2 Å². The fourth-order valence-corrected chi connectivity index (χ4v) is 1.38. The molecule has 0 fully saturated rings. The van der Waals surface area contributed by atoms with Gasteiger partial charge in [-0.1, -0.05) is 37.3 Å². The van der Waals surface area contributed by atoms with Crippen molar-refractivity contribution in [2.75, 3.05) is 6.61 Å². The second kappa shape index (κ2) is 7.85. The minimum Gasteiger partial charge on any atom is -0.463 e. The van der Waals surface area contributed by atoms with Gasteiger partial charge in [-0.25, -0.2) is 0 Å². The lowest BCUT2D eigenvalue weighted by Gasteiger charge is -2.12. The van der Waals surface area contributed by atoms with E-state index in [0.29, 0.717) is 19.6 Å². The maximum Gasteiger partial charge on any atom is 0.305 e. The number of benzene rings is 1. The third kappa shape index (κ3) is 6.07. The largest absolute Gasteiger partial charge is 0.463 e. The second-order valence-corrected chi connectivity index (χ2v) is 3.98. The molecule has 0 aliphatic heterocycles. The molecule has 0 saturated heterocycles. The van der Waals surface area contributed by atoms with Crippen LogP contribution < -0.4 is 0 Å². The van der Waals surface area contributed by atoms with Crippen LogP contribution in [0.4, 0.5) is 0 Å². The maximum atomic E-state index is 11.0. The van der Waals surface area contributed by atoms with Gasteiger partial charge in [-0.2, -0.15) is 0 Å². The van der Waals surface area contributed by atoms with Gasteiger partial charge < -0.3 is 9.47 Å². The van der Waals surface area contributed by atoms with Gasteiger partial charge in [0, 0.05) is 12.8 Å². The number of hydrogen-bond donors (Lipinski definition) is 0. The zero-order valence-electron chi connectivity index (χ0n) is 10.5. The summed E-state index contributed by atoms with van der Waals surface area (Å²) in [5.74, 6) is -0.152. The first-order chi connectivity index (χ1) is 8.22. The Morgan fingerprint density at radius 3 is 2.65 bits per heavy atom. The van der Waals surface area contributed by atoms with Gasteiger partial charge >= 0.3 is 5.97 Å². The maximum absolute atomic E-state index is 11.0. The zero-order chi connectivity index (χ0) is 12.5. The first kappa shape index (κ1) is 13.7. The Morgan fingerprint density at radius 2 is 2.00 bits per heavy atom. The highest BCUT2D eigenvalue weighted by Crippen LogP contribution is 2.04. The molecule has 1 unspecified atom stereocenters. The van der Waals surface area contributed by atoms with Crippen molar-refractivity contribution in [2.24, 2.45) is 0 Å². The Kier molecular flexibility index (Phi) is 6.33. The van der Waals surface area contributed by atoms with Crippen molar-refractivity contribution in [3.63, 3.8) is 0 Å². The molecule has 0 amide bonds. The van der Waals surface area contributed by atoms with Crippen molar-refractivity contribution < 1.29 is 14.3 Å². The van der Waals surface area contributed by atoms with Crippen LogP contribution in [0.3, 0.4) is 0 Å². The Bertz CT molecular complexity index is 321. The van der Waals surface area contributed by atoms with Crippen LogP contribution in [0.15, 0.2) is 30.3 Å². The highest BCUT2D eigenvalue weighted by molar-refractivity contribution is 5.69. The number of esters is 1. The lowest BCUT2D eigenvalue weighted by Crippen LogP contribution is -2.16. The van der Waals surface area contributed by atoms with Crippen LogP contribution in [0.1, 0.15) is 32.3 Å². The molecule has 0 saturated carbocycles. The minimum atomic E-state index is -0.152. The Balaban J connectivity index is 2.10. The van der Waals surface area contributed by atoms with Crippen LogP contribution in [0.25, 0.3) is 0 Å². The summed E-state index contributed by atoms with van der Waals surface area (Å²) in [5, 5.41) is 0. The SMILES string of the molecule is CCC(=O)OC(C)CCOCc1ccccc1. The van der Waals surface area contributed by atoms with Gasteiger partial charge in [-0.15, -0.1) is 0 Å². The molecule has 1 rings (SSSR count). The van der Waals surface area contributed by atoms with E-state index in [9.17, 15) is 4.79 Å². The summed E-state index contributed by atoms with van der Waals surface area (Å²) in [6.07, 6.45) is 1.09. The van der Waals surface area contributed by atoms with E-state index in [-0.39, 0.29) is 12.1 Å². The molecule has 1 aromatic rings. The predicted molar refractivity (Wildman–Crippen MR) is 66.6 cm³/mol. The van der Waals surface area contributed by atoms with Gasteiger partial charge in [0.15, 0.2) is 0 Å². The summed E-state index contributed by atoms with van der Waals surface area (Å²) < 4.78 is 10.6. The number of rotatable bonds is 7. The van der Waals surface area contributed by atoms with Crippen LogP contribution in [0.5, 0.6) is 0 Å². The number of carbonyl (C=O) groups excluding carboxylic acids is 1.